The van der Waals surface area contributed by atoms with Crippen LogP contribution in [0.2, 0.25) is 0 Å². The highest BCUT2D eigenvalue weighted by Crippen LogP contribution is 2.11. The van der Waals surface area contributed by atoms with Crippen LogP contribution >= 0.6 is 0 Å². The molecule has 0 aliphatic heterocycles. The summed E-state index contributed by atoms with van der Waals surface area (Å²) in [7, 11) is 5.66. The molecule has 0 amide bonds. The number of benzene rings is 1. The monoisotopic (exact) mass is 160 g/mol. The molecule has 0 fully saturated rings. The zero-order valence-corrected chi connectivity index (χ0v) is 7.59. The zero-order chi connectivity index (χ0) is 9.14. The molecular formula is C10H13BO. The number of aliphatic hydroxyl groups excluding tert-OH is 1. The second-order valence-electron chi connectivity index (χ2n) is 3.11. The molecule has 1 aromatic rings. The van der Waals surface area contributed by atoms with Crippen LogP contribution in [-0.4, -0.2) is 19.6 Å². The van der Waals surface area contributed by atoms with Gasteiger partial charge in [0.15, 0.2) is 0 Å². The molecule has 1 nitrogen and oxygen atoms in total. The normalized spacial score (nSPS) is 10.2. The molecule has 2 heteroatoms. The first kappa shape index (κ1) is 9.33. The van der Waals surface area contributed by atoms with Gasteiger partial charge < -0.3 is 5.11 Å². The smallest absolute Gasteiger partial charge is 0.113 e. The molecule has 0 saturated carbocycles. The number of hydrogen-bond donors (Lipinski definition) is 1. The van der Waals surface area contributed by atoms with Gasteiger partial charge in [0.1, 0.15) is 7.85 Å². The fourth-order valence-corrected chi connectivity index (χ4v) is 1.53. The average molecular weight is 160 g/mol. The van der Waals surface area contributed by atoms with Crippen molar-refractivity contribution in [2.45, 2.75) is 20.3 Å². The van der Waals surface area contributed by atoms with Crippen molar-refractivity contribution in [3.05, 3.63) is 28.8 Å². The zero-order valence-electron chi connectivity index (χ0n) is 7.59. The Labute approximate surface area is 74.8 Å². The second-order valence-corrected chi connectivity index (χ2v) is 3.11. The summed E-state index contributed by atoms with van der Waals surface area (Å²) in [6, 6.07) is 3.88. The lowest BCUT2D eigenvalue weighted by Gasteiger charge is -2.09. The fraction of sp³-hybridized carbons (Fsp3) is 0.400. The quantitative estimate of drug-likeness (QED) is 0.629. The van der Waals surface area contributed by atoms with Crippen LogP contribution in [0.25, 0.3) is 0 Å². The van der Waals surface area contributed by atoms with Crippen LogP contribution in [0.3, 0.4) is 0 Å². The standard InChI is InChI=1S/C10H13BO/c1-7-5-9(11)6-8(2)10(7)3-4-12/h5-6,12H,3-4H2,1-2H3. The van der Waals surface area contributed by atoms with Crippen LogP contribution < -0.4 is 5.46 Å². The average Bonchev–Trinajstić information content (AvgIpc) is 1.96. The molecule has 0 bridgehead atoms. The molecule has 0 spiro atoms. The molecule has 0 saturated heterocycles. The van der Waals surface area contributed by atoms with E-state index in [9.17, 15) is 0 Å². The van der Waals surface area contributed by atoms with Gasteiger partial charge >= 0.3 is 0 Å². The van der Waals surface area contributed by atoms with E-state index in [1.165, 1.54) is 16.7 Å². The third-order valence-corrected chi connectivity index (χ3v) is 2.08. The van der Waals surface area contributed by atoms with E-state index < -0.39 is 0 Å². The lowest BCUT2D eigenvalue weighted by molar-refractivity contribution is 0.299. The van der Waals surface area contributed by atoms with Crippen LogP contribution in [-0.2, 0) is 6.42 Å². The first-order valence-corrected chi connectivity index (χ1v) is 4.11. The third kappa shape index (κ3) is 1.89. The molecule has 12 heavy (non-hydrogen) atoms. The number of rotatable bonds is 2. The summed E-state index contributed by atoms with van der Waals surface area (Å²) in [5, 5.41) is 8.81. The Kier molecular flexibility index (Phi) is 2.93. The molecule has 0 atom stereocenters. The van der Waals surface area contributed by atoms with E-state index in [0.717, 1.165) is 11.9 Å². The van der Waals surface area contributed by atoms with Gasteiger partial charge in [-0.05, 0) is 37.0 Å². The van der Waals surface area contributed by atoms with E-state index in [1.54, 1.807) is 0 Å². The minimum atomic E-state index is 0.200. The van der Waals surface area contributed by atoms with Crippen molar-refractivity contribution in [1.82, 2.24) is 0 Å². The Bertz CT molecular complexity index is 258. The van der Waals surface area contributed by atoms with Gasteiger partial charge in [0.2, 0.25) is 0 Å². The van der Waals surface area contributed by atoms with Gasteiger partial charge in [-0.25, -0.2) is 0 Å². The number of aryl methyl sites for hydroxylation is 2. The first-order chi connectivity index (χ1) is 5.65. The van der Waals surface area contributed by atoms with Crippen molar-refractivity contribution in [1.29, 1.82) is 0 Å². The van der Waals surface area contributed by atoms with Crippen LogP contribution in [0.5, 0.6) is 0 Å². The first-order valence-electron chi connectivity index (χ1n) is 4.11. The minimum Gasteiger partial charge on any atom is -0.396 e. The summed E-state index contributed by atoms with van der Waals surface area (Å²) in [6.07, 6.45) is 0.720. The van der Waals surface area contributed by atoms with Crippen LogP contribution in [0.4, 0.5) is 0 Å². The highest BCUT2D eigenvalue weighted by atomic mass is 16.2. The van der Waals surface area contributed by atoms with Gasteiger partial charge in [-0.2, -0.15) is 0 Å². The molecule has 0 aromatic heterocycles. The molecule has 0 unspecified atom stereocenters. The van der Waals surface area contributed by atoms with Crippen LogP contribution in [0.1, 0.15) is 16.7 Å². The largest absolute Gasteiger partial charge is 0.396 e. The number of aliphatic hydroxyl groups is 1. The van der Waals surface area contributed by atoms with Crippen molar-refractivity contribution in [2.75, 3.05) is 6.61 Å². The fourth-order valence-electron chi connectivity index (χ4n) is 1.53. The summed E-state index contributed by atoms with van der Waals surface area (Å²) in [6.45, 7) is 4.24. The summed E-state index contributed by atoms with van der Waals surface area (Å²) in [5.41, 5.74) is 4.35. The lowest BCUT2D eigenvalue weighted by atomic mass is 9.88. The van der Waals surface area contributed by atoms with Gasteiger partial charge in [-0.3, -0.25) is 0 Å². The molecule has 0 aliphatic carbocycles. The maximum Gasteiger partial charge on any atom is 0.113 e. The summed E-state index contributed by atoms with van der Waals surface area (Å²) < 4.78 is 0. The minimum absolute atomic E-state index is 0.200. The topological polar surface area (TPSA) is 20.2 Å². The van der Waals surface area contributed by atoms with E-state index in [1.807, 2.05) is 26.0 Å². The highest BCUT2D eigenvalue weighted by Gasteiger charge is 2.01. The Balaban J connectivity index is 3.10. The Hall–Kier alpha value is -0.755. The van der Waals surface area contributed by atoms with E-state index in [0.29, 0.717) is 0 Å². The molecule has 62 valence electrons. The van der Waals surface area contributed by atoms with Crippen molar-refractivity contribution in [3.8, 4) is 0 Å². The predicted octanol–water partition coefficient (Wildman–Crippen LogP) is 0.632. The van der Waals surface area contributed by atoms with Gasteiger partial charge in [0, 0.05) is 6.61 Å². The van der Waals surface area contributed by atoms with Gasteiger partial charge in [-0.15, -0.1) is 0 Å². The Morgan fingerprint density at radius 1 is 1.25 bits per heavy atom. The van der Waals surface area contributed by atoms with Crippen molar-refractivity contribution < 1.29 is 5.11 Å². The molecule has 1 N–H and O–H groups in total. The van der Waals surface area contributed by atoms with E-state index in [4.69, 9.17) is 13.0 Å². The van der Waals surface area contributed by atoms with Crippen molar-refractivity contribution in [2.24, 2.45) is 0 Å². The SMILES string of the molecule is [B]c1cc(C)c(CCO)c(C)c1. The molecule has 0 heterocycles. The third-order valence-electron chi connectivity index (χ3n) is 2.08. The number of hydrogen-bond acceptors (Lipinski definition) is 1. The summed E-state index contributed by atoms with van der Waals surface area (Å²) in [4.78, 5) is 0. The molecule has 0 aliphatic rings. The molecular weight excluding hydrogens is 147 g/mol. The van der Waals surface area contributed by atoms with Crippen LogP contribution in [0, 0.1) is 13.8 Å². The van der Waals surface area contributed by atoms with Crippen molar-refractivity contribution in [3.63, 3.8) is 0 Å². The summed E-state index contributed by atoms with van der Waals surface area (Å²) in [5.74, 6) is 0. The lowest BCUT2D eigenvalue weighted by Crippen LogP contribution is -2.08. The van der Waals surface area contributed by atoms with E-state index >= 15 is 0 Å². The Morgan fingerprint density at radius 2 is 1.75 bits per heavy atom. The van der Waals surface area contributed by atoms with Gasteiger partial charge in [0.05, 0.1) is 0 Å². The molecule has 2 radical (unpaired) electrons. The molecule has 1 aromatic carbocycles. The second kappa shape index (κ2) is 3.77. The highest BCUT2D eigenvalue weighted by molar-refractivity contribution is 6.32. The summed E-state index contributed by atoms with van der Waals surface area (Å²) >= 11 is 0. The van der Waals surface area contributed by atoms with E-state index in [-0.39, 0.29) is 6.61 Å². The van der Waals surface area contributed by atoms with Crippen molar-refractivity contribution >= 4 is 13.3 Å². The predicted molar refractivity (Wildman–Crippen MR) is 52.1 cm³/mol. The van der Waals surface area contributed by atoms with Gasteiger partial charge in [-0.1, -0.05) is 17.6 Å². The molecule has 1 rings (SSSR count). The van der Waals surface area contributed by atoms with Crippen LogP contribution in [0.15, 0.2) is 12.1 Å². The maximum atomic E-state index is 8.81. The Morgan fingerprint density at radius 3 is 2.17 bits per heavy atom. The van der Waals surface area contributed by atoms with Gasteiger partial charge in [0.25, 0.3) is 0 Å². The maximum absolute atomic E-state index is 8.81. The van der Waals surface area contributed by atoms with E-state index in [2.05, 4.69) is 0 Å².